The van der Waals surface area contributed by atoms with Gasteiger partial charge in [-0.15, -0.1) is 5.06 Å². The van der Waals surface area contributed by atoms with Gasteiger partial charge in [-0.2, -0.15) is 21.4 Å². The van der Waals surface area contributed by atoms with Crippen LogP contribution in [0.5, 0.6) is 5.75 Å². The summed E-state index contributed by atoms with van der Waals surface area (Å²) >= 11 is 0. The van der Waals surface area contributed by atoms with Crippen molar-refractivity contribution < 1.29 is 59.2 Å². The third kappa shape index (κ3) is 9.04. The molecule has 4 aliphatic rings. The Kier molecular flexibility index (Phi) is 12.2. The number of rotatable bonds is 15. The fourth-order valence-electron chi connectivity index (χ4n) is 8.84. The SMILES string of the molecule is COCCN1c2cc3c(cc2C(C)=CC1(C)C)C(=CC1=[N+](CCCS(=O)(=O)O)c2ccc(S(=O)(=O)O)cc2C1(C)CCCC(=O)ON1C(=O)CCC1=O)C=C(c1ccccc1)O3. The van der Waals surface area contributed by atoms with E-state index in [1.165, 1.54) is 12.1 Å². The van der Waals surface area contributed by atoms with Gasteiger partial charge in [0.05, 0.1) is 28.2 Å². The number of carbonyl (C=O) groups excluding carboxylic acids is 3. The molecule has 1 fully saturated rings. The number of nitrogens with zero attached hydrogens (tertiary/aromatic N) is 3. The van der Waals surface area contributed by atoms with Gasteiger partial charge in [-0.05, 0) is 76.0 Å². The number of allylic oxidation sites excluding steroid dienone is 4. The molecule has 0 aliphatic carbocycles. The number of carbonyl (C=O) groups is 3. The van der Waals surface area contributed by atoms with Crippen LogP contribution in [0.2, 0.25) is 0 Å². The molecule has 7 rings (SSSR count). The first kappa shape index (κ1) is 44.6. The Morgan fingerprint density at radius 3 is 2.32 bits per heavy atom. The Morgan fingerprint density at radius 2 is 1.66 bits per heavy atom. The van der Waals surface area contributed by atoms with Gasteiger partial charge in [0.2, 0.25) is 5.69 Å². The van der Waals surface area contributed by atoms with Crippen molar-refractivity contribution in [3.05, 3.63) is 101 Å². The molecule has 0 bridgehead atoms. The van der Waals surface area contributed by atoms with Crippen LogP contribution in [0.15, 0.2) is 83.8 Å². The first-order valence-corrected chi connectivity index (χ1v) is 23.4. The smallest absolute Gasteiger partial charge is 0.333 e. The van der Waals surface area contributed by atoms with Crippen molar-refractivity contribution in [1.82, 2.24) is 5.06 Å². The molecule has 4 heterocycles. The summed E-state index contributed by atoms with van der Waals surface area (Å²) in [5.41, 5.74) is 5.39. The molecule has 62 heavy (non-hydrogen) atoms. The van der Waals surface area contributed by atoms with Crippen molar-refractivity contribution in [2.24, 2.45) is 0 Å². The van der Waals surface area contributed by atoms with Crippen molar-refractivity contribution in [2.75, 3.05) is 37.5 Å². The summed E-state index contributed by atoms with van der Waals surface area (Å²) in [5.74, 6) is -1.46. The average Bonchev–Trinajstić information content (AvgIpc) is 3.63. The largest absolute Gasteiger partial charge is 0.456 e. The Labute approximate surface area is 361 Å². The highest BCUT2D eigenvalue weighted by Crippen LogP contribution is 2.49. The van der Waals surface area contributed by atoms with Crippen LogP contribution in [0.4, 0.5) is 11.4 Å². The van der Waals surface area contributed by atoms with Gasteiger partial charge < -0.3 is 19.2 Å². The van der Waals surface area contributed by atoms with Gasteiger partial charge in [0.15, 0.2) is 5.71 Å². The third-order valence-electron chi connectivity index (χ3n) is 11.8. The predicted octanol–water partition coefficient (Wildman–Crippen LogP) is 6.51. The van der Waals surface area contributed by atoms with E-state index < -0.39 is 49.2 Å². The Bertz CT molecular complexity index is 2690. The van der Waals surface area contributed by atoms with Crippen LogP contribution < -0.4 is 9.64 Å². The number of ether oxygens (including phenoxy) is 2. The lowest BCUT2D eigenvalue weighted by atomic mass is 9.74. The number of hydrogen-bond donors (Lipinski definition) is 2. The minimum atomic E-state index is -4.68. The van der Waals surface area contributed by atoms with Crippen molar-refractivity contribution in [1.29, 1.82) is 0 Å². The first-order valence-electron chi connectivity index (χ1n) is 20.3. The maximum absolute atomic E-state index is 13.0. The number of benzene rings is 3. The van der Waals surface area contributed by atoms with E-state index in [-0.39, 0.29) is 55.5 Å². The van der Waals surface area contributed by atoms with Crippen LogP contribution in [0.1, 0.15) is 88.5 Å². The molecule has 0 saturated carbocycles. The van der Waals surface area contributed by atoms with Gasteiger partial charge in [0.25, 0.3) is 32.1 Å². The highest BCUT2D eigenvalue weighted by Gasteiger charge is 2.49. The zero-order chi connectivity index (χ0) is 44.8. The van der Waals surface area contributed by atoms with E-state index >= 15 is 0 Å². The van der Waals surface area contributed by atoms with E-state index in [1.807, 2.05) is 60.0 Å². The quantitative estimate of drug-likeness (QED) is 0.0953. The van der Waals surface area contributed by atoms with Gasteiger partial charge in [-0.3, -0.25) is 18.7 Å². The zero-order valence-electron chi connectivity index (χ0n) is 35.2. The molecule has 1 saturated heterocycles. The Morgan fingerprint density at radius 1 is 0.952 bits per heavy atom. The monoisotopic (exact) mass is 888 g/mol. The summed E-state index contributed by atoms with van der Waals surface area (Å²) in [5, 5.41) is 0.485. The molecule has 17 heteroatoms. The van der Waals surface area contributed by atoms with E-state index in [0.29, 0.717) is 52.3 Å². The summed E-state index contributed by atoms with van der Waals surface area (Å²) < 4.78 is 83.1. The van der Waals surface area contributed by atoms with E-state index in [4.69, 9.17) is 14.3 Å². The second-order valence-corrected chi connectivity index (χ2v) is 19.6. The second kappa shape index (κ2) is 17.0. The number of amides is 2. The average molecular weight is 889 g/mol. The Hall–Kier alpha value is -5.46. The van der Waals surface area contributed by atoms with Crippen LogP contribution in [-0.2, 0) is 49.6 Å². The number of hydroxylamine groups is 2. The lowest BCUT2D eigenvalue weighted by Gasteiger charge is -2.43. The molecule has 328 valence electrons. The molecular formula is C45H50N3O12S2+. The molecule has 1 unspecified atom stereocenters. The van der Waals surface area contributed by atoms with Crippen LogP contribution in [0.3, 0.4) is 0 Å². The highest BCUT2D eigenvalue weighted by atomic mass is 32.2. The van der Waals surface area contributed by atoms with E-state index in [9.17, 15) is 40.3 Å². The highest BCUT2D eigenvalue weighted by molar-refractivity contribution is 7.86. The van der Waals surface area contributed by atoms with Crippen LogP contribution >= 0.6 is 0 Å². The van der Waals surface area contributed by atoms with E-state index in [1.54, 1.807) is 13.2 Å². The molecule has 15 nitrogen and oxygen atoms in total. The molecule has 0 aromatic heterocycles. The summed E-state index contributed by atoms with van der Waals surface area (Å²) in [7, 11) is -7.38. The maximum atomic E-state index is 13.0. The summed E-state index contributed by atoms with van der Waals surface area (Å²) in [4.78, 5) is 44.4. The lowest BCUT2D eigenvalue weighted by Crippen LogP contribution is -2.46. The lowest BCUT2D eigenvalue weighted by molar-refractivity contribution is -0.437. The minimum Gasteiger partial charge on any atom is -0.456 e. The van der Waals surface area contributed by atoms with Crippen LogP contribution in [0.25, 0.3) is 16.9 Å². The van der Waals surface area contributed by atoms with E-state index in [2.05, 4.69) is 37.8 Å². The molecule has 1 atom stereocenters. The molecular weight excluding hydrogens is 839 g/mol. The van der Waals surface area contributed by atoms with Gasteiger partial charge in [0.1, 0.15) is 18.1 Å². The molecule has 3 aromatic rings. The van der Waals surface area contributed by atoms with Crippen molar-refractivity contribution >= 4 is 72.0 Å². The van der Waals surface area contributed by atoms with Crippen LogP contribution in [0, 0.1) is 0 Å². The van der Waals surface area contributed by atoms with Crippen LogP contribution in [-0.4, -0.2) is 97.2 Å². The molecule has 3 aromatic carbocycles. The zero-order valence-corrected chi connectivity index (χ0v) is 36.8. The van der Waals surface area contributed by atoms with E-state index in [0.717, 1.165) is 28.0 Å². The Balaban J connectivity index is 1.41. The number of anilines is 1. The maximum Gasteiger partial charge on any atom is 0.333 e. The van der Waals surface area contributed by atoms with Crippen molar-refractivity contribution in [3.8, 4) is 5.75 Å². The summed E-state index contributed by atoms with van der Waals surface area (Å²) in [6.07, 6.45) is 6.05. The molecule has 2 amide bonds. The normalized spacial score (nSPS) is 20.1. The molecule has 2 N–H and O–H groups in total. The molecule has 0 radical (unpaired) electrons. The van der Waals surface area contributed by atoms with Gasteiger partial charge in [0, 0.05) is 85.5 Å². The fourth-order valence-corrected chi connectivity index (χ4v) is 9.84. The molecule has 4 aliphatic heterocycles. The second-order valence-electron chi connectivity index (χ2n) is 16.6. The summed E-state index contributed by atoms with van der Waals surface area (Å²) in [6, 6.07) is 17.8. The van der Waals surface area contributed by atoms with Gasteiger partial charge in [-0.1, -0.05) is 36.4 Å². The topological polar surface area (TPSA) is 197 Å². The van der Waals surface area contributed by atoms with Gasteiger partial charge >= 0.3 is 5.97 Å². The number of hydrogen-bond acceptors (Lipinski definition) is 11. The number of methoxy groups -OCH3 is 1. The predicted molar refractivity (Wildman–Crippen MR) is 232 cm³/mol. The number of fused-ring (bicyclic) bond motifs is 3. The first-order chi connectivity index (χ1) is 29.2. The fraction of sp³-hybridized carbons (Fsp3) is 0.378. The number of imide groups is 1. The minimum absolute atomic E-state index is 0.0132. The molecule has 0 spiro atoms. The van der Waals surface area contributed by atoms with Crippen molar-refractivity contribution in [2.45, 2.75) is 82.1 Å². The van der Waals surface area contributed by atoms with Crippen molar-refractivity contribution in [3.63, 3.8) is 0 Å². The van der Waals surface area contributed by atoms with Gasteiger partial charge in [-0.25, -0.2) is 4.79 Å². The third-order valence-corrected chi connectivity index (χ3v) is 13.5. The standard InChI is InChI=1S/C45H49N3O12S2/c1-29-28-44(2,3)47(20-21-58-5)37-27-39-34(26-33(29)37)31(23-38(59-39)30-11-7-6-8-12-30)24-40-45(4,18-9-13-43(51)60-48-41(49)16-17-42(48)50)35-25-32(62(55,56)57)14-15-36(35)46(40)19-10-22-61(52,53)54/h6-8,11-12,14-15,23-28H,9-10,13,16-22H2,1-5H3,(H-,52,53,54,55,56,57)/p+1. The summed E-state index contributed by atoms with van der Waals surface area (Å²) in [6.45, 7) is 9.38.